The van der Waals surface area contributed by atoms with E-state index in [4.69, 9.17) is 27.9 Å². The van der Waals surface area contributed by atoms with Crippen LogP contribution in [0.3, 0.4) is 0 Å². The summed E-state index contributed by atoms with van der Waals surface area (Å²) >= 11 is 12.7. The number of rotatable bonds is 8. The fraction of sp³-hybridized carbons (Fsp3) is 0.391. The molecule has 6 nitrogen and oxygen atoms in total. The van der Waals surface area contributed by atoms with Gasteiger partial charge in [-0.25, -0.2) is 9.78 Å². The molecule has 1 N–H and O–H groups in total. The SMILES string of the molecule is CCCCCOc1cc(N2CCCN(Cc3ccnc4[nH]cc(Cl)c34)C2=O)ccc1Cl. The van der Waals surface area contributed by atoms with Crippen LogP contribution in [0.25, 0.3) is 11.0 Å². The van der Waals surface area contributed by atoms with Gasteiger partial charge in [0.2, 0.25) is 0 Å². The number of halogens is 2. The highest BCUT2D eigenvalue weighted by atomic mass is 35.5. The average molecular weight is 461 g/mol. The molecular weight excluding hydrogens is 435 g/mol. The van der Waals surface area contributed by atoms with E-state index in [2.05, 4.69) is 16.9 Å². The van der Waals surface area contributed by atoms with E-state index in [0.717, 1.165) is 48.0 Å². The zero-order valence-corrected chi connectivity index (χ0v) is 19.0. The third-order valence-electron chi connectivity index (χ3n) is 5.52. The van der Waals surface area contributed by atoms with Crippen LogP contribution in [0, 0.1) is 0 Å². The number of hydrogen-bond acceptors (Lipinski definition) is 3. The van der Waals surface area contributed by atoms with E-state index in [1.807, 2.05) is 23.1 Å². The van der Waals surface area contributed by atoms with Gasteiger partial charge in [-0.15, -0.1) is 0 Å². The van der Waals surface area contributed by atoms with Crippen molar-refractivity contribution in [2.75, 3.05) is 24.6 Å². The van der Waals surface area contributed by atoms with Crippen molar-refractivity contribution in [3.8, 4) is 5.75 Å². The molecule has 4 rings (SSSR count). The number of benzene rings is 1. The van der Waals surface area contributed by atoms with Crippen LogP contribution >= 0.6 is 23.2 Å². The number of aromatic nitrogens is 2. The van der Waals surface area contributed by atoms with Gasteiger partial charge in [-0.3, -0.25) is 4.90 Å². The van der Waals surface area contributed by atoms with E-state index in [1.54, 1.807) is 23.4 Å². The first kappa shape index (κ1) is 21.8. The fourth-order valence-corrected chi connectivity index (χ4v) is 4.33. The molecule has 8 heteroatoms. The normalized spacial score (nSPS) is 14.5. The van der Waals surface area contributed by atoms with Crippen molar-refractivity contribution in [1.82, 2.24) is 14.9 Å². The number of nitrogens with zero attached hydrogens (tertiary/aromatic N) is 3. The molecule has 1 fully saturated rings. The standard InChI is InChI=1S/C23H26Cl2N4O2/c1-2-3-4-12-31-20-13-17(6-7-18(20)24)29-11-5-10-28(23(29)30)15-16-8-9-26-22-21(16)19(25)14-27-22/h6-9,13-14H,2-5,10-12,15H2,1H3,(H,26,27). The molecule has 0 radical (unpaired) electrons. The van der Waals surface area contributed by atoms with Crippen molar-refractivity contribution in [3.05, 3.63) is 52.3 Å². The van der Waals surface area contributed by atoms with Crippen LogP contribution in [0.2, 0.25) is 10.0 Å². The van der Waals surface area contributed by atoms with Crippen molar-refractivity contribution in [3.63, 3.8) is 0 Å². The minimum atomic E-state index is -0.0397. The number of H-pyrrole nitrogens is 1. The van der Waals surface area contributed by atoms with Crippen LogP contribution in [0.5, 0.6) is 5.75 Å². The Morgan fingerprint density at radius 2 is 2.03 bits per heavy atom. The second-order valence-corrected chi connectivity index (χ2v) is 8.52. The van der Waals surface area contributed by atoms with E-state index in [1.165, 1.54) is 0 Å². The summed E-state index contributed by atoms with van der Waals surface area (Å²) in [7, 11) is 0. The quantitative estimate of drug-likeness (QED) is 0.402. The van der Waals surface area contributed by atoms with Gasteiger partial charge in [-0.2, -0.15) is 0 Å². The Bertz CT molecular complexity index is 1070. The summed E-state index contributed by atoms with van der Waals surface area (Å²) in [6.45, 7) is 4.59. The van der Waals surface area contributed by atoms with E-state index < -0.39 is 0 Å². The number of hydrogen-bond donors (Lipinski definition) is 1. The van der Waals surface area contributed by atoms with Crippen LogP contribution in [-0.4, -0.2) is 40.6 Å². The first-order valence-electron chi connectivity index (χ1n) is 10.7. The zero-order valence-electron chi connectivity index (χ0n) is 17.5. The number of unbranched alkanes of at least 4 members (excludes halogenated alkanes) is 2. The summed E-state index contributed by atoms with van der Waals surface area (Å²) < 4.78 is 5.87. The molecule has 1 aliphatic heterocycles. The number of ether oxygens (including phenoxy) is 1. The smallest absolute Gasteiger partial charge is 0.324 e. The molecule has 0 spiro atoms. The van der Waals surface area contributed by atoms with Gasteiger partial charge in [0, 0.05) is 49.2 Å². The Labute approximate surface area is 192 Å². The van der Waals surface area contributed by atoms with Gasteiger partial charge in [0.25, 0.3) is 0 Å². The lowest BCUT2D eigenvalue weighted by atomic mass is 10.1. The van der Waals surface area contributed by atoms with Gasteiger partial charge < -0.3 is 14.6 Å². The van der Waals surface area contributed by atoms with E-state index >= 15 is 0 Å². The van der Waals surface area contributed by atoms with Crippen molar-refractivity contribution in [1.29, 1.82) is 0 Å². The number of urea groups is 1. The molecule has 2 amide bonds. The number of anilines is 1. The maximum atomic E-state index is 13.3. The minimum Gasteiger partial charge on any atom is -0.492 e. The molecule has 0 atom stereocenters. The van der Waals surface area contributed by atoms with Crippen LogP contribution in [-0.2, 0) is 6.54 Å². The average Bonchev–Trinajstić information content (AvgIpc) is 3.16. The van der Waals surface area contributed by atoms with Gasteiger partial charge in [-0.05, 0) is 36.6 Å². The summed E-state index contributed by atoms with van der Waals surface area (Å²) in [5, 5.41) is 2.04. The highest BCUT2D eigenvalue weighted by Crippen LogP contribution is 2.32. The molecule has 3 aromatic rings. The summed E-state index contributed by atoms with van der Waals surface area (Å²) in [6.07, 6.45) is 7.56. The lowest BCUT2D eigenvalue weighted by Gasteiger charge is -2.36. The minimum absolute atomic E-state index is 0.0397. The number of pyridine rings is 1. The van der Waals surface area contributed by atoms with Gasteiger partial charge in [0.1, 0.15) is 11.4 Å². The Kier molecular flexibility index (Phi) is 6.88. The Hall–Kier alpha value is -2.44. The Morgan fingerprint density at radius 1 is 1.16 bits per heavy atom. The number of fused-ring (bicyclic) bond motifs is 1. The Morgan fingerprint density at radius 3 is 2.87 bits per heavy atom. The van der Waals surface area contributed by atoms with E-state index in [0.29, 0.717) is 42.0 Å². The molecule has 164 valence electrons. The third kappa shape index (κ3) is 4.75. The summed E-state index contributed by atoms with van der Waals surface area (Å²) in [5.74, 6) is 0.620. The molecule has 0 aliphatic carbocycles. The second-order valence-electron chi connectivity index (χ2n) is 7.71. The molecule has 1 aromatic carbocycles. The zero-order chi connectivity index (χ0) is 21.8. The number of nitrogens with one attached hydrogen (secondary N) is 1. The molecule has 0 unspecified atom stereocenters. The van der Waals surface area contributed by atoms with E-state index in [9.17, 15) is 4.79 Å². The first-order valence-corrected chi connectivity index (χ1v) is 11.4. The molecule has 1 saturated heterocycles. The first-order chi connectivity index (χ1) is 15.1. The van der Waals surface area contributed by atoms with Gasteiger partial charge >= 0.3 is 6.03 Å². The number of aromatic amines is 1. The fourth-order valence-electron chi connectivity index (χ4n) is 3.89. The van der Waals surface area contributed by atoms with Crippen LogP contribution in [0.15, 0.2) is 36.7 Å². The number of carbonyl (C=O) groups is 1. The second kappa shape index (κ2) is 9.79. The molecule has 0 bridgehead atoms. The van der Waals surface area contributed by atoms with Crippen LogP contribution in [0.1, 0.15) is 38.2 Å². The van der Waals surface area contributed by atoms with Crippen molar-refractivity contribution < 1.29 is 9.53 Å². The summed E-state index contributed by atoms with van der Waals surface area (Å²) in [5.41, 5.74) is 2.50. The molecule has 2 aromatic heterocycles. The molecular formula is C23H26Cl2N4O2. The maximum absolute atomic E-state index is 13.3. The van der Waals surface area contributed by atoms with E-state index in [-0.39, 0.29) is 6.03 Å². The molecule has 3 heterocycles. The molecule has 31 heavy (non-hydrogen) atoms. The summed E-state index contributed by atoms with van der Waals surface area (Å²) in [4.78, 5) is 24.3. The highest BCUT2D eigenvalue weighted by molar-refractivity contribution is 6.35. The molecule has 0 saturated carbocycles. The summed E-state index contributed by atoms with van der Waals surface area (Å²) in [6, 6.07) is 7.41. The Balaban J connectivity index is 1.51. The van der Waals surface area contributed by atoms with Gasteiger partial charge in [-0.1, -0.05) is 43.0 Å². The van der Waals surface area contributed by atoms with Crippen molar-refractivity contribution >= 4 is 46.0 Å². The lowest BCUT2D eigenvalue weighted by molar-refractivity contribution is 0.192. The predicted molar refractivity (Wildman–Crippen MR) is 125 cm³/mol. The third-order valence-corrected chi connectivity index (χ3v) is 6.13. The van der Waals surface area contributed by atoms with Crippen LogP contribution in [0.4, 0.5) is 10.5 Å². The predicted octanol–water partition coefficient (Wildman–Crippen LogP) is 6.27. The number of carbonyl (C=O) groups excluding carboxylic acids is 1. The largest absolute Gasteiger partial charge is 0.492 e. The van der Waals surface area contributed by atoms with Gasteiger partial charge in [0.05, 0.1) is 16.7 Å². The highest BCUT2D eigenvalue weighted by Gasteiger charge is 2.28. The monoisotopic (exact) mass is 460 g/mol. The van der Waals surface area contributed by atoms with Crippen molar-refractivity contribution in [2.24, 2.45) is 0 Å². The maximum Gasteiger partial charge on any atom is 0.324 e. The van der Waals surface area contributed by atoms with Crippen LogP contribution < -0.4 is 9.64 Å². The van der Waals surface area contributed by atoms with Crippen molar-refractivity contribution in [2.45, 2.75) is 39.2 Å². The lowest BCUT2D eigenvalue weighted by Crippen LogP contribution is -2.49. The topological polar surface area (TPSA) is 61.5 Å². The van der Waals surface area contributed by atoms with Gasteiger partial charge in [0.15, 0.2) is 0 Å². The molecule has 1 aliphatic rings. The number of amides is 2.